The summed E-state index contributed by atoms with van der Waals surface area (Å²) in [4.78, 5) is 8.12. The van der Waals surface area contributed by atoms with E-state index in [1.807, 2.05) is 6.07 Å². The average Bonchev–Trinajstić information content (AvgIpc) is 2.53. The number of aromatic nitrogens is 2. The zero-order valence-electron chi connectivity index (χ0n) is 12.6. The number of nitrogen functional groups attached to an aromatic ring is 1. The first kappa shape index (κ1) is 14.8. The van der Waals surface area contributed by atoms with Crippen molar-refractivity contribution in [3.05, 3.63) is 36.0 Å². The van der Waals surface area contributed by atoms with Gasteiger partial charge in [-0.1, -0.05) is 6.42 Å². The molecule has 1 aliphatic rings. The molecule has 116 valence electrons. The Hall–Kier alpha value is -2.14. The van der Waals surface area contributed by atoms with E-state index in [-0.39, 0.29) is 11.7 Å². The Balaban J connectivity index is 1.74. The van der Waals surface area contributed by atoms with Gasteiger partial charge in [0.2, 0.25) is 5.95 Å². The molecule has 3 rings (SSSR count). The minimum absolute atomic E-state index is 0.244. The summed E-state index contributed by atoms with van der Waals surface area (Å²) in [6.45, 7) is 1.12. The maximum absolute atomic E-state index is 9.97. The minimum atomic E-state index is 0.244. The van der Waals surface area contributed by atoms with Crippen molar-refractivity contribution < 1.29 is 5.11 Å². The summed E-state index contributed by atoms with van der Waals surface area (Å²) in [5.74, 6) is 0.509. The normalized spacial score (nSPS) is 18.3. The number of hydrogen-bond donors (Lipinski definition) is 3. The van der Waals surface area contributed by atoms with Gasteiger partial charge in [0.15, 0.2) is 0 Å². The largest absolute Gasteiger partial charge is 0.508 e. The van der Waals surface area contributed by atoms with Crippen molar-refractivity contribution in [3.63, 3.8) is 0 Å². The molecule has 0 aliphatic carbocycles. The molecule has 1 aromatic carbocycles. The van der Waals surface area contributed by atoms with Gasteiger partial charge in [-0.3, -0.25) is 0 Å². The molecular formula is C17H22N4O. The summed E-state index contributed by atoms with van der Waals surface area (Å²) in [5, 5.41) is 13.5. The average molecular weight is 298 g/mol. The Morgan fingerprint density at radius 3 is 2.95 bits per heavy atom. The van der Waals surface area contributed by atoms with Crippen LogP contribution in [0.25, 0.3) is 11.3 Å². The summed E-state index contributed by atoms with van der Waals surface area (Å²) in [6, 6.07) is 8.01. The molecule has 1 aliphatic heterocycles. The molecule has 1 atom stereocenters. The van der Waals surface area contributed by atoms with E-state index in [0.29, 0.717) is 6.04 Å². The van der Waals surface area contributed by atoms with Crippen molar-refractivity contribution in [2.24, 2.45) is 0 Å². The first-order valence-electron chi connectivity index (χ1n) is 7.86. The van der Waals surface area contributed by atoms with Crippen LogP contribution in [-0.2, 0) is 6.42 Å². The summed E-state index contributed by atoms with van der Waals surface area (Å²) >= 11 is 0. The lowest BCUT2D eigenvalue weighted by Crippen LogP contribution is -2.34. The number of benzene rings is 1. The highest BCUT2D eigenvalue weighted by molar-refractivity contribution is 5.63. The molecule has 0 radical (unpaired) electrons. The fourth-order valence-corrected chi connectivity index (χ4v) is 3.01. The SMILES string of the molecule is Nc1nccc(-c2cc(O)cc(CCC3CCCCN3)c2)n1. The van der Waals surface area contributed by atoms with Crippen LogP contribution < -0.4 is 11.1 Å². The maximum Gasteiger partial charge on any atom is 0.220 e. The zero-order chi connectivity index (χ0) is 15.4. The van der Waals surface area contributed by atoms with Crippen molar-refractivity contribution in [2.45, 2.75) is 38.1 Å². The third-order valence-corrected chi connectivity index (χ3v) is 4.14. The summed E-state index contributed by atoms with van der Waals surface area (Å²) in [6.07, 6.45) is 7.50. The fourth-order valence-electron chi connectivity index (χ4n) is 3.01. The van der Waals surface area contributed by atoms with E-state index in [1.54, 1.807) is 18.3 Å². The first-order chi connectivity index (χ1) is 10.7. The quantitative estimate of drug-likeness (QED) is 0.807. The Labute approximate surface area is 130 Å². The molecule has 22 heavy (non-hydrogen) atoms. The van der Waals surface area contributed by atoms with Gasteiger partial charge in [0, 0.05) is 17.8 Å². The van der Waals surface area contributed by atoms with Gasteiger partial charge in [0.05, 0.1) is 5.69 Å². The number of phenols is 1. The smallest absolute Gasteiger partial charge is 0.220 e. The Bertz CT molecular complexity index is 638. The molecule has 0 amide bonds. The highest BCUT2D eigenvalue weighted by atomic mass is 16.3. The highest BCUT2D eigenvalue weighted by Gasteiger charge is 2.13. The van der Waals surface area contributed by atoms with E-state index < -0.39 is 0 Å². The third-order valence-electron chi connectivity index (χ3n) is 4.14. The second-order valence-electron chi connectivity index (χ2n) is 5.87. The fraction of sp³-hybridized carbons (Fsp3) is 0.412. The van der Waals surface area contributed by atoms with Crippen LogP contribution in [0.2, 0.25) is 0 Å². The zero-order valence-corrected chi connectivity index (χ0v) is 12.6. The molecular weight excluding hydrogens is 276 g/mol. The van der Waals surface area contributed by atoms with Gasteiger partial charge in [-0.2, -0.15) is 0 Å². The van der Waals surface area contributed by atoms with Crippen LogP contribution in [-0.4, -0.2) is 27.7 Å². The van der Waals surface area contributed by atoms with Crippen molar-refractivity contribution in [2.75, 3.05) is 12.3 Å². The number of phenolic OH excluding ortho intramolecular Hbond substituents is 1. The van der Waals surface area contributed by atoms with Gasteiger partial charge in [-0.05, 0) is 62.1 Å². The standard InChI is InChI=1S/C17H22N4O/c18-17-20-8-6-16(21-17)13-9-12(10-15(22)11-13)4-5-14-3-1-2-7-19-14/h6,8-11,14,19,22H,1-5,7H2,(H2,18,20,21). The van der Waals surface area contributed by atoms with E-state index in [0.717, 1.165) is 36.2 Å². The number of rotatable bonds is 4. The lowest BCUT2D eigenvalue weighted by Gasteiger charge is -2.23. The van der Waals surface area contributed by atoms with Crippen LogP contribution in [0.5, 0.6) is 5.75 Å². The predicted molar refractivity (Wildman–Crippen MR) is 87.5 cm³/mol. The van der Waals surface area contributed by atoms with Crippen LogP contribution >= 0.6 is 0 Å². The second kappa shape index (κ2) is 6.75. The van der Waals surface area contributed by atoms with E-state index in [2.05, 4.69) is 21.4 Å². The Morgan fingerprint density at radius 2 is 2.18 bits per heavy atom. The number of nitrogens with zero attached hydrogens (tertiary/aromatic N) is 2. The van der Waals surface area contributed by atoms with Gasteiger partial charge < -0.3 is 16.2 Å². The third kappa shape index (κ3) is 3.74. The molecule has 0 saturated carbocycles. The van der Waals surface area contributed by atoms with Crippen LogP contribution in [0, 0.1) is 0 Å². The molecule has 1 aromatic heterocycles. The maximum atomic E-state index is 9.97. The van der Waals surface area contributed by atoms with Crippen LogP contribution in [0.3, 0.4) is 0 Å². The molecule has 2 heterocycles. The topological polar surface area (TPSA) is 84.1 Å². The number of anilines is 1. The van der Waals surface area contributed by atoms with Gasteiger partial charge in [0.25, 0.3) is 0 Å². The molecule has 0 spiro atoms. The highest BCUT2D eigenvalue weighted by Crippen LogP contribution is 2.25. The summed E-state index contributed by atoms with van der Waals surface area (Å²) in [7, 11) is 0. The minimum Gasteiger partial charge on any atom is -0.508 e. The lowest BCUT2D eigenvalue weighted by atomic mass is 9.96. The number of aromatic hydroxyl groups is 1. The first-order valence-corrected chi connectivity index (χ1v) is 7.86. The van der Waals surface area contributed by atoms with Gasteiger partial charge >= 0.3 is 0 Å². The van der Waals surface area contributed by atoms with E-state index in [4.69, 9.17) is 5.73 Å². The van der Waals surface area contributed by atoms with Gasteiger partial charge in [-0.25, -0.2) is 9.97 Å². The van der Waals surface area contributed by atoms with Crippen LogP contribution in [0.1, 0.15) is 31.2 Å². The molecule has 0 bridgehead atoms. The number of nitrogens with two attached hydrogens (primary N) is 1. The lowest BCUT2D eigenvalue weighted by molar-refractivity contribution is 0.382. The summed E-state index contributed by atoms with van der Waals surface area (Å²) < 4.78 is 0. The molecule has 1 unspecified atom stereocenters. The Kier molecular flexibility index (Phi) is 4.53. The Morgan fingerprint density at radius 1 is 1.27 bits per heavy atom. The second-order valence-corrected chi connectivity index (χ2v) is 5.87. The van der Waals surface area contributed by atoms with Crippen LogP contribution in [0.15, 0.2) is 30.5 Å². The van der Waals surface area contributed by atoms with E-state index >= 15 is 0 Å². The molecule has 2 aromatic rings. The molecule has 5 nitrogen and oxygen atoms in total. The van der Waals surface area contributed by atoms with E-state index in [1.165, 1.54) is 19.3 Å². The number of hydrogen-bond acceptors (Lipinski definition) is 5. The molecule has 5 heteroatoms. The van der Waals surface area contributed by atoms with Gasteiger partial charge in [-0.15, -0.1) is 0 Å². The van der Waals surface area contributed by atoms with Crippen molar-refractivity contribution >= 4 is 5.95 Å². The number of aryl methyl sites for hydroxylation is 1. The van der Waals surface area contributed by atoms with Gasteiger partial charge in [0.1, 0.15) is 5.75 Å². The van der Waals surface area contributed by atoms with E-state index in [9.17, 15) is 5.11 Å². The van der Waals surface area contributed by atoms with Crippen LogP contribution in [0.4, 0.5) is 5.95 Å². The number of nitrogens with one attached hydrogen (secondary N) is 1. The summed E-state index contributed by atoms with van der Waals surface area (Å²) in [5.41, 5.74) is 8.37. The molecule has 1 saturated heterocycles. The monoisotopic (exact) mass is 298 g/mol. The van der Waals surface area contributed by atoms with Crippen molar-refractivity contribution in [3.8, 4) is 17.0 Å². The molecule has 4 N–H and O–H groups in total. The molecule has 1 fully saturated rings. The van der Waals surface area contributed by atoms with Crippen molar-refractivity contribution in [1.29, 1.82) is 0 Å². The number of piperidine rings is 1. The predicted octanol–water partition coefficient (Wildman–Crippen LogP) is 2.51. The van der Waals surface area contributed by atoms with Crippen molar-refractivity contribution in [1.82, 2.24) is 15.3 Å².